The van der Waals surface area contributed by atoms with Gasteiger partial charge in [0.15, 0.2) is 0 Å². The molecule has 2 aliphatic rings. The van der Waals surface area contributed by atoms with Crippen LogP contribution >= 0.6 is 11.6 Å². The third kappa shape index (κ3) is 3.71. The van der Waals surface area contributed by atoms with Gasteiger partial charge in [-0.05, 0) is 55.5 Å². The molecule has 0 radical (unpaired) electrons. The molecule has 1 atom stereocenters. The van der Waals surface area contributed by atoms with Gasteiger partial charge in [-0.1, -0.05) is 41.4 Å². The maximum Gasteiger partial charge on any atom is 0.573 e. The molecule has 2 heterocycles. The number of rotatable bonds is 4. The van der Waals surface area contributed by atoms with E-state index in [1.807, 2.05) is 19.1 Å². The van der Waals surface area contributed by atoms with Crippen LogP contribution in [0, 0.1) is 6.92 Å². The molecule has 182 valence electrons. The molecule has 6 nitrogen and oxygen atoms in total. The first-order valence-electron chi connectivity index (χ1n) is 10.7. The van der Waals surface area contributed by atoms with E-state index in [0.717, 1.165) is 17.7 Å². The molecule has 0 aromatic heterocycles. The molecule has 3 aromatic carbocycles. The number of nitrogens with zero attached hydrogens (tertiary/aromatic N) is 2. The molecule has 10 heteroatoms. The monoisotopic (exact) mass is 504 g/mol. The Balaban J connectivity index is 1.72. The number of hydrogen-bond acceptors (Lipinski definition) is 4. The summed E-state index contributed by atoms with van der Waals surface area (Å²) in [5, 5.41) is 12.8. The van der Waals surface area contributed by atoms with Gasteiger partial charge in [0.25, 0.3) is 0 Å². The zero-order valence-electron chi connectivity index (χ0n) is 18.4. The third-order valence-corrected chi connectivity index (χ3v) is 6.56. The Hall–Kier alpha value is -3.27. The van der Waals surface area contributed by atoms with Gasteiger partial charge in [0.2, 0.25) is 5.72 Å². The summed E-state index contributed by atoms with van der Waals surface area (Å²) in [4.78, 5) is 16.6. The SMILES string of the molecule is Cc1ccc(N2C(=O)N(c3ccc(Cl)cc3)C(O)(c3cccc(OC(F)(F)F)c3)C23COC3)cc1. The fraction of sp³-hybridized carbons (Fsp3) is 0.240. The summed E-state index contributed by atoms with van der Waals surface area (Å²) in [7, 11) is 0. The second-order valence-corrected chi connectivity index (χ2v) is 8.97. The van der Waals surface area contributed by atoms with Crippen LogP contribution in [0.25, 0.3) is 0 Å². The molecular formula is C25H20ClF3N2O4. The number of alkyl halides is 3. The number of hydrogen-bond donors (Lipinski definition) is 1. The van der Waals surface area contributed by atoms with E-state index < -0.39 is 29.4 Å². The van der Waals surface area contributed by atoms with E-state index in [2.05, 4.69) is 4.74 Å². The van der Waals surface area contributed by atoms with Crippen molar-refractivity contribution in [1.82, 2.24) is 0 Å². The third-order valence-electron chi connectivity index (χ3n) is 6.31. The number of aryl methyl sites for hydroxylation is 1. The number of aliphatic hydroxyl groups is 1. The van der Waals surface area contributed by atoms with Gasteiger partial charge in [0.1, 0.15) is 11.3 Å². The lowest BCUT2D eigenvalue weighted by molar-refractivity contribution is -0.274. The van der Waals surface area contributed by atoms with Gasteiger partial charge in [0.05, 0.1) is 13.2 Å². The summed E-state index contributed by atoms with van der Waals surface area (Å²) in [6.45, 7) is 1.81. The van der Waals surface area contributed by atoms with Crippen LogP contribution in [0.15, 0.2) is 72.8 Å². The van der Waals surface area contributed by atoms with Crippen molar-refractivity contribution in [3.05, 3.63) is 88.9 Å². The first-order chi connectivity index (χ1) is 16.5. The molecule has 1 spiro atoms. The summed E-state index contributed by atoms with van der Waals surface area (Å²) < 4.78 is 48.4. The van der Waals surface area contributed by atoms with E-state index in [-0.39, 0.29) is 18.8 Å². The Kier molecular flexibility index (Phi) is 5.47. The largest absolute Gasteiger partial charge is 0.573 e. The molecule has 1 N–H and O–H groups in total. The summed E-state index contributed by atoms with van der Waals surface area (Å²) in [5.74, 6) is -0.517. The molecule has 2 fully saturated rings. The van der Waals surface area contributed by atoms with E-state index in [1.54, 1.807) is 36.4 Å². The maximum absolute atomic E-state index is 14.0. The zero-order valence-corrected chi connectivity index (χ0v) is 19.2. The average Bonchev–Trinajstić information content (AvgIpc) is 2.99. The predicted molar refractivity (Wildman–Crippen MR) is 124 cm³/mol. The van der Waals surface area contributed by atoms with Crippen LogP contribution in [0.5, 0.6) is 5.75 Å². The highest BCUT2D eigenvalue weighted by atomic mass is 35.5. The molecule has 0 bridgehead atoms. The Labute approximate surface area is 204 Å². The number of halogens is 4. The van der Waals surface area contributed by atoms with Crippen LogP contribution in [0.2, 0.25) is 5.02 Å². The van der Waals surface area contributed by atoms with Crippen molar-refractivity contribution in [3.8, 4) is 5.75 Å². The molecule has 35 heavy (non-hydrogen) atoms. The van der Waals surface area contributed by atoms with Crippen LogP contribution in [0.4, 0.5) is 29.3 Å². The molecular weight excluding hydrogens is 485 g/mol. The number of benzene rings is 3. The summed E-state index contributed by atoms with van der Waals surface area (Å²) in [6.07, 6.45) is -4.92. The highest BCUT2D eigenvalue weighted by Crippen LogP contribution is 2.54. The summed E-state index contributed by atoms with van der Waals surface area (Å²) >= 11 is 6.04. The van der Waals surface area contributed by atoms with Crippen LogP contribution in [0.1, 0.15) is 11.1 Å². The molecule has 0 saturated carbocycles. The van der Waals surface area contributed by atoms with Gasteiger partial charge in [0, 0.05) is 22.0 Å². The van der Waals surface area contributed by atoms with E-state index in [9.17, 15) is 23.1 Å². The number of ether oxygens (including phenoxy) is 2. The molecule has 2 saturated heterocycles. The van der Waals surface area contributed by atoms with Gasteiger partial charge in [-0.15, -0.1) is 13.2 Å². The first-order valence-corrected chi connectivity index (χ1v) is 11.1. The summed E-state index contributed by atoms with van der Waals surface area (Å²) in [5.41, 5.74) is -1.59. The molecule has 2 amide bonds. The highest BCUT2D eigenvalue weighted by Gasteiger charge is 2.72. The van der Waals surface area contributed by atoms with E-state index >= 15 is 0 Å². The number of anilines is 2. The highest BCUT2D eigenvalue weighted by molar-refractivity contribution is 6.30. The Morgan fingerprint density at radius 2 is 1.57 bits per heavy atom. The van der Waals surface area contributed by atoms with Crippen molar-refractivity contribution in [1.29, 1.82) is 0 Å². The lowest BCUT2D eigenvalue weighted by Gasteiger charge is -2.51. The maximum atomic E-state index is 14.0. The quantitative estimate of drug-likeness (QED) is 0.502. The Morgan fingerprint density at radius 3 is 2.14 bits per heavy atom. The fourth-order valence-electron chi connectivity index (χ4n) is 4.66. The number of urea groups is 1. The molecule has 2 aliphatic heterocycles. The topological polar surface area (TPSA) is 62.2 Å². The van der Waals surface area contributed by atoms with Crippen molar-refractivity contribution < 1.29 is 32.5 Å². The molecule has 3 aromatic rings. The van der Waals surface area contributed by atoms with Crippen molar-refractivity contribution in [2.75, 3.05) is 23.0 Å². The van der Waals surface area contributed by atoms with Gasteiger partial charge in [-0.2, -0.15) is 0 Å². The Morgan fingerprint density at radius 1 is 0.971 bits per heavy atom. The standard InChI is InChI=1S/C25H20ClF3N2O4/c1-16-5-9-19(10-6-16)30-22(32)31(20-11-7-18(26)8-12-20)24(33,23(30)14-34-15-23)17-3-2-4-21(13-17)35-25(27,28)29/h2-13,33H,14-15H2,1H3. The number of carbonyl (C=O) groups is 1. The minimum atomic E-state index is -4.92. The fourth-order valence-corrected chi connectivity index (χ4v) is 4.78. The molecule has 0 aliphatic carbocycles. The van der Waals surface area contributed by atoms with Crippen LogP contribution in [0.3, 0.4) is 0 Å². The second kappa shape index (κ2) is 8.15. The van der Waals surface area contributed by atoms with Crippen molar-refractivity contribution in [3.63, 3.8) is 0 Å². The van der Waals surface area contributed by atoms with Crippen molar-refractivity contribution >= 4 is 29.0 Å². The van der Waals surface area contributed by atoms with Gasteiger partial charge < -0.3 is 14.6 Å². The van der Waals surface area contributed by atoms with Crippen molar-refractivity contribution in [2.45, 2.75) is 24.6 Å². The van der Waals surface area contributed by atoms with Crippen LogP contribution in [-0.2, 0) is 10.5 Å². The normalized spacial score (nSPS) is 21.4. The minimum Gasteiger partial charge on any atom is -0.406 e. The van der Waals surface area contributed by atoms with E-state index in [4.69, 9.17) is 16.3 Å². The average molecular weight is 505 g/mol. The first kappa shape index (κ1) is 23.5. The van der Waals surface area contributed by atoms with Gasteiger partial charge in [-0.25, -0.2) is 4.79 Å². The number of amides is 2. The van der Waals surface area contributed by atoms with Gasteiger partial charge >= 0.3 is 12.4 Å². The lowest BCUT2D eigenvalue weighted by Crippen LogP contribution is -2.70. The van der Waals surface area contributed by atoms with Crippen molar-refractivity contribution in [2.24, 2.45) is 0 Å². The minimum absolute atomic E-state index is 0.0421. The zero-order chi connectivity index (χ0) is 25.0. The van der Waals surface area contributed by atoms with Gasteiger partial charge in [-0.3, -0.25) is 9.80 Å². The van der Waals surface area contributed by atoms with Crippen LogP contribution < -0.4 is 14.5 Å². The summed E-state index contributed by atoms with van der Waals surface area (Å²) in [6, 6.07) is 17.9. The lowest BCUT2D eigenvalue weighted by atomic mass is 9.78. The number of carbonyl (C=O) groups excluding carboxylic acids is 1. The predicted octanol–water partition coefficient (Wildman–Crippen LogP) is 5.61. The molecule has 1 unspecified atom stereocenters. The van der Waals surface area contributed by atoms with E-state index in [0.29, 0.717) is 16.4 Å². The molecule has 5 rings (SSSR count). The smallest absolute Gasteiger partial charge is 0.406 e. The Bertz CT molecular complexity index is 1260. The van der Waals surface area contributed by atoms with Crippen LogP contribution in [-0.4, -0.2) is 36.3 Å². The van der Waals surface area contributed by atoms with E-state index in [1.165, 1.54) is 21.9 Å². The second-order valence-electron chi connectivity index (χ2n) is 8.54.